The van der Waals surface area contributed by atoms with Gasteiger partial charge in [0.15, 0.2) is 0 Å². The quantitative estimate of drug-likeness (QED) is 0.580. The average molecular weight is 186 g/mol. The summed E-state index contributed by atoms with van der Waals surface area (Å²) in [5, 5.41) is 0. The summed E-state index contributed by atoms with van der Waals surface area (Å²) in [6.45, 7) is 0.923. The standard InChI is InChI=1S/C8H14N2OS/c1-9-6-8(4-3-5-8)10(12-2)7(9)11/h3-6H2,1-2H3. The molecule has 2 amide bonds. The molecular formula is C8H14N2OS. The number of hydrogen-bond acceptors (Lipinski definition) is 2. The molecule has 0 unspecified atom stereocenters. The van der Waals surface area contributed by atoms with Crippen molar-refractivity contribution < 1.29 is 4.79 Å². The lowest BCUT2D eigenvalue weighted by Gasteiger charge is -2.42. The zero-order chi connectivity index (χ0) is 8.77. The van der Waals surface area contributed by atoms with Gasteiger partial charge in [0.2, 0.25) is 0 Å². The van der Waals surface area contributed by atoms with Gasteiger partial charge in [-0.3, -0.25) is 4.31 Å². The SMILES string of the molecule is CSN1C(=O)N(C)CC12CCC2. The van der Waals surface area contributed by atoms with E-state index in [1.165, 1.54) is 19.3 Å². The second-order valence-electron chi connectivity index (χ2n) is 3.69. The van der Waals surface area contributed by atoms with Gasteiger partial charge >= 0.3 is 6.03 Å². The highest BCUT2D eigenvalue weighted by Gasteiger charge is 2.52. The molecule has 4 heteroatoms. The van der Waals surface area contributed by atoms with Crippen LogP contribution in [0.4, 0.5) is 4.79 Å². The van der Waals surface area contributed by atoms with E-state index in [1.807, 2.05) is 22.5 Å². The van der Waals surface area contributed by atoms with Crippen LogP contribution in [0.3, 0.4) is 0 Å². The van der Waals surface area contributed by atoms with Gasteiger partial charge in [-0.15, -0.1) is 0 Å². The van der Waals surface area contributed by atoms with Gasteiger partial charge in [-0.1, -0.05) is 0 Å². The second kappa shape index (κ2) is 2.55. The van der Waals surface area contributed by atoms with Crippen LogP contribution >= 0.6 is 11.9 Å². The maximum atomic E-state index is 11.6. The molecule has 1 saturated carbocycles. The van der Waals surface area contributed by atoms with Gasteiger partial charge in [0, 0.05) is 19.8 Å². The Labute approximate surface area is 77.2 Å². The van der Waals surface area contributed by atoms with E-state index in [0.717, 1.165) is 6.54 Å². The summed E-state index contributed by atoms with van der Waals surface area (Å²) >= 11 is 1.57. The van der Waals surface area contributed by atoms with E-state index < -0.39 is 0 Å². The number of likely N-dealkylation sites (N-methyl/N-ethyl adjacent to an activating group) is 1. The van der Waals surface area contributed by atoms with Crippen LogP contribution in [-0.2, 0) is 0 Å². The summed E-state index contributed by atoms with van der Waals surface area (Å²) < 4.78 is 1.95. The molecular weight excluding hydrogens is 172 g/mol. The van der Waals surface area contributed by atoms with Crippen LogP contribution in [0.1, 0.15) is 19.3 Å². The molecule has 2 rings (SSSR count). The maximum Gasteiger partial charge on any atom is 0.330 e. The lowest BCUT2D eigenvalue weighted by molar-refractivity contribution is 0.154. The number of hydrogen-bond donors (Lipinski definition) is 0. The Morgan fingerprint density at radius 1 is 1.50 bits per heavy atom. The smallest absolute Gasteiger partial charge is 0.325 e. The molecule has 2 fully saturated rings. The maximum absolute atomic E-state index is 11.6. The molecule has 1 aliphatic heterocycles. The number of urea groups is 1. The zero-order valence-corrected chi connectivity index (χ0v) is 8.36. The third kappa shape index (κ3) is 0.873. The molecule has 0 aromatic heterocycles. The van der Waals surface area contributed by atoms with E-state index in [4.69, 9.17) is 0 Å². The summed E-state index contributed by atoms with van der Waals surface area (Å²) in [5.74, 6) is 0. The Bertz CT molecular complexity index is 215. The molecule has 0 radical (unpaired) electrons. The Morgan fingerprint density at radius 3 is 2.50 bits per heavy atom. The van der Waals surface area contributed by atoms with Gasteiger partial charge in [0.05, 0.1) is 5.54 Å². The topological polar surface area (TPSA) is 23.6 Å². The van der Waals surface area contributed by atoms with Gasteiger partial charge in [-0.2, -0.15) is 0 Å². The van der Waals surface area contributed by atoms with Crippen LogP contribution in [0, 0.1) is 0 Å². The first-order valence-electron chi connectivity index (χ1n) is 4.29. The molecule has 0 atom stereocenters. The van der Waals surface area contributed by atoms with Gasteiger partial charge in [-0.25, -0.2) is 4.79 Å². The van der Waals surface area contributed by atoms with E-state index in [1.54, 1.807) is 11.9 Å². The molecule has 0 N–H and O–H groups in total. The molecule has 1 spiro atoms. The van der Waals surface area contributed by atoms with Crippen molar-refractivity contribution in [2.24, 2.45) is 0 Å². The Balaban J connectivity index is 2.20. The fraction of sp³-hybridized carbons (Fsp3) is 0.875. The number of rotatable bonds is 1. The molecule has 0 aromatic carbocycles. The van der Waals surface area contributed by atoms with E-state index >= 15 is 0 Å². The molecule has 0 bridgehead atoms. The first-order chi connectivity index (χ1) is 5.69. The van der Waals surface area contributed by atoms with Gasteiger partial charge in [-0.05, 0) is 31.2 Å². The minimum atomic E-state index is 0.183. The molecule has 0 aromatic rings. The third-order valence-electron chi connectivity index (χ3n) is 2.93. The predicted octanol–water partition coefficient (Wildman–Crippen LogP) is 1.55. The van der Waals surface area contributed by atoms with Crippen molar-refractivity contribution in [1.29, 1.82) is 0 Å². The zero-order valence-electron chi connectivity index (χ0n) is 7.54. The Kier molecular flexibility index (Phi) is 1.75. The van der Waals surface area contributed by atoms with Crippen LogP contribution < -0.4 is 0 Å². The van der Waals surface area contributed by atoms with Crippen molar-refractivity contribution in [3.8, 4) is 0 Å². The van der Waals surface area contributed by atoms with E-state index in [9.17, 15) is 4.79 Å². The van der Waals surface area contributed by atoms with Crippen LogP contribution in [-0.4, -0.2) is 40.6 Å². The molecule has 12 heavy (non-hydrogen) atoms. The lowest BCUT2D eigenvalue weighted by Crippen LogP contribution is -2.48. The van der Waals surface area contributed by atoms with Crippen LogP contribution in [0.2, 0.25) is 0 Å². The van der Waals surface area contributed by atoms with Gasteiger partial charge < -0.3 is 4.90 Å². The Morgan fingerprint density at radius 2 is 2.17 bits per heavy atom. The van der Waals surface area contributed by atoms with Crippen molar-refractivity contribution in [2.45, 2.75) is 24.8 Å². The fourth-order valence-corrected chi connectivity index (χ4v) is 3.07. The highest BCUT2D eigenvalue weighted by molar-refractivity contribution is 7.96. The van der Waals surface area contributed by atoms with Crippen LogP contribution in [0.15, 0.2) is 0 Å². The first-order valence-corrected chi connectivity index (χ1v) is 5.47. The largest absolute Gasteiger partial charge is 0.330 e. The molecule has 1 aliphatic carbocycles. The van der Waals surface area contributed by atoms with Crippen molar-refractivity contribution >= 4 is 18.0 Å². The fourth-order valence-electron chi connectivity index (χ4n) is 2.15. The molecule has 1 heterocycles. The number of amides is 2. The monoisotopic (exact) mass is 186 g/mol. The molecule has 2 aliphatic rings. The molecule has 68 valence electrons. The van der Waals surface area contributed by atoms with Gasteiger partial charge in [0.25, 0.3) is 0 Å². The Hall–Kier alpha value is -0.380. The number of carbonyl (C=O) groups excluding carboxylic acids is 1. The van der Waals surface area contributed by atoms with E-state index in [0.29, 0.717) is 0 Å². The minimum Gasteiger partial charge on any atom is -0.325 e. The summed E-state index contributed by atoms with van der Waals surface area (Å²) in [5.41, 5.74) is 0.200. The van der Waals surface area contributed by atoms with Crippen molar-refractivity contribution in [1.82, 2.24) is 9.21 Å². The first kappa shape index (κ1) is 8.23. The summed E-state index contributed by atoms with van der Waals surface area (Å²) in [6.07, 6.45) is 5.63. The average Bonchev–Trinajstić information content (AvgIpc) is 2.24. The van der Waals surface area contributed by atoms with Crippen molar-refractivity contribution in [3.63, 3.8) is 0 Å². The highest BCUT2D eigenvalue weighted by Crippen LogP contribution is 2.45. The number of nitrogens with zero attached hydrogens (tertiary/aromatic N) is 2. The van der Waals surface area contributed by atoms with Crippen LogP contribution in [0.25, 0.3) is 0 Å². The van der Waals surface area contributed by atoms with Gasteiger partial charge in [0.1, 0.15) is 0 Å². The highest BCUT2D eigenvalue weighted by atomic mass is 32.2. The summed E-state index contributed by atoms with van der Waals surface area (Å²) in [6, 6.07) is 0.183. The van der Waals surface area contributed by atoms with E-state index in [-0.39, 0.29) is 11.6 Å². The van der Waals surface area contributed by atoms with E-state index in [2.05, 4.69) is 0 Å². The summed E-state index contributed by atoms with van der Waals surface area (Å²) in [7, 11) is 1.89. The summed E-state index contributed by atoms with van der Waals surface area (Å²) in [4.78, 5) is 13.4. The predicted molar refractivity (Wildman–Crippen MR) is 50.0 cm³/mol. The van der Waals surface area contributed by atoms with Crippen LogP contribution in [0.5, 0.6) is 0 Å². The lowest BCUT2D eigenvalue weighted by atomic mass is 9.77. The molecule has 1 saturated heterocycles. The minimum absolute atomic E-state index is 0.183. The normalized spacial score (nSPS) is 26.7. The third-order valence-corrected chi connectivity index (χ3v) is 3.84. The second-order valence-corrected chi connectivity index (χ2v) is 4.42. The van der Waals surface area contributed by atoms with Crippen molar-refractivity contribution in [3.05, 3.63) is 0 Å². The van der Waals surface area contributed by atoms with Crippen molar-refractivity contribution in [2.75, 3.05) is 19.8 Å². The molecule has 3 nitrogen and oxygen atoms in total. The number of carbonyl (C=O) groups is 1.